The quantitative estimate of drug-likeness (QED) is 0.310. The fourth-order valence-corrected chi connectivity index (χ4v) is 1.41. The summed E-state index contributed by atoms with van der Waals surface area (Å²) in [5.74, 6) is 0. The Morgan fingerprint density at radius 2 is 2.00 bits per heavy atom. The van der Waals surface area contributed by atoms with Crippen LogP contribution in [0.2, 0.25) is 0 Å². The van der Waals surface area contributed by atoms with Crippen LogP contribution in [0.5, 0.6) is 0 Å². The number of isocyanates is 1. The Balaban J connectivity index is 2.44. The molecule has 0 unspecified atom stereocenters. The van der Waals surface area contributed by atoms with Crippen LogP contribution in [-0.2, 0) is 4.79 Å². The molecule has 0 N–H and O–H groups in total. The molecule has 0 aromatic carbocycles. The molecule has 1 aliphatic rings. The molecule has 1 heterocycles. The van der Waals surface area contributed by atoms with Gasteiger partial charge < -0.3 is 4.90 Å². The van der Waals surface area contributed by atoms with Crippen molar-refractivity contribution in [3.63, 3.8) is 0 Å². The molecule has 4 heteroatoms. The molecule has 1 saturated heterocycles. The van der Waals surface area contributed by atoms with Gasteiger partial charge in [0.1, 0.15) is 0 Å². The molecular weight excluding hydrogens is 160 g/mol. The minimum Gasteiger partial charge on any atom is -0.347 e. The molecule has 0 aromatic heterocycles. The number of carbonyl (C=O) groups excluding carboxylic acids is 1. The zero-order valence-corrected chi connectivity index (χ0v) is 7.06. The average Bonchev–Trinajstić information content (AvgIpc) is 2.07. The molecule has 0 saturated carbocycles. The second kappa shape index (κ2) is 4.21. The Bertz CT molecular complexity index is 193. The van der Waals surface area contributed by atoms with Crippen LogP contribution in [0.4, 0.5) is 0 Å². The van der Waals surface area contributed by atoms with Gasteiger partial charge in [0.2, 0.25) is 11.2 Å². The van der Waals surface area contributed by atoms with Gasteiger partial charge in [-0.25, -0.2) is 4.79 Å². The van der Waals surface area contributed by atoms with Crippen LogP contribution in [-0.4, -0.2) is 29.2 Å². The van der Waals surface area contributed by atoms with Crippen molar-refractivity contribution in [3.05, 3.63) is 0 Å². The number of rotatable bonds is 0. The van der Waals surface area contributed by atoms with E-state index in [1.54, 1.807) is 0 Å². The topological polar surface area (TPSA) is 32.7 Å². The SMILES string of the molecule is O=C=NC(=S)N1CCCCC1. The molecule has 60 valence electrons. The van der Waals surface area contributed by atoms with E-state index in [1.807, 2.05) is 4.90 Å². The predicted octanol–water partition coefficient (Wildman–Crippen LogP) is 1.09. The summed E-state index contributed by atoms with van der Waals surface area (Å²) in [6, 6.07) is 0. The number of piperidine rings is 1. The van der Waals surface area contributed by atoms with Crippen molar-refractivity contribution in [1.82, 2.24) is 4.90 Å². The van der Waals surface area contributed by atoms with Crippen molar-refractivity contribution < 1.29 is 4.79 Å². The molecule has 1 fully saturated rings. The summed E-state index contributed by atoms with van der Waals surface area (Å²) in [4.78, 5) is 15.2. The molecule has 0 aromatic rings. The van der Waals surface area contributed by atoms with Gasteiger partial charge in [0, 0.05) is 13.1 Å². The predicted molar refractivity (Wildman–Crippen MR) is 46.1 cm³/mol. The smallest absolute Gasteiger partial charge is 0.242 e. The molecule has 0 aliphatic carbocycles. The number of likely N-dealkylation sites (tertiary alicyclic amines) is 1. The lowest BCUT2D eigenvalue weighted by Gasteiger charge is -2.25. The molecular formula is C7H10N2OS. The van der Waals surface area contributed by atoms with Crippen molar-refractivity contribution in [3.8, 4) is 0 Å². The fourth-order valence-electron chi connectivity index (χ4n) is 1.19. The highest BCUT2D eigenvalue weighted by molar-refractivity contribution is 7.80. The molecule has 1 aliphatic heterocycles. The zero-order chi connectivity index (χ0) is 8.10. The highest BCUT2D eigenvalue weighted by Gasteiger charge is 2.11. The summed E-state index contributed by atoms with van der Waals surface area (Å²) >= 11 is 4.87. The zero-order valence-electron chi connectivity index (χ0n) is 6.25. The number of thiocarbonyl (C=S) groups is 1. The summed E-state index contributed by atoms with van der Waals surface area (Å²) in [6.45, 7) is 1.87. The Labute approximate surface area is 71.1 Å². The van der Waals surface area contributed by atoms with Crippen molar-refractivity contribution in [2.75, 3.05) is 13.1 Å². The van der Waals surface area contributed by atoms with E-state index in [-0.39, 0.29) is 0 Å². The van der Waals surface area contributed by atoms with Crippen LogP contribution in [0.3, 0.4) is 0 Å². The Kier molecular flexibility index (Phi) is 3.20. The first-order chi connectivity index (χ1) is 5.34. The van der Waals surface area contributed by atoms with Gasteiger partial charge in [-0.2, -0.15) is 0 Å². The summed E-state index contributed by atoms with van der Waals surface area (Å²) in [6.07, 6.45) is 5.01. The number of hydrogen-bond acceptors (Lipinski definition) is 2. The van der Waals surface area contributed by atoms with E-state index in [2.05, 4.69) is 4.99 Å². The standard InChI is InChI=1S/C7H10N2OS/c10-6-8-7(11)9-4-2-1-3-5-9/h1-5H2. The van der Waals surface area contributed by atoms with E-state index in [9.17, 15) is 4.79 Å². The number of nitrogens with zero attached hydrogens (tertiary/aromatic N) is 2. The van der Waals surface area contributed by atoms with Crippen molar-refractivity contribution in [2.45, 2.75) is 19.3 Å². The van der Waals surface area contributed by atoms with Crippen LogP contribution in [0.15, 0.2) is 4.99 Å². The van der Waals surface area contributed by atoms with Crippen LogP contribution in [0, 0.1) is 0 Å². The highest BCUT2D eigenvalue weighted by Crippen LogP contribution is 2.09. The third-order valence-electron chi connectivity index (χ3n) is 1.77. The highest BCUT2D eigenvalue weighted by atomic mass is 32.1. The van der Waals surface area contributed by atoms with Crippen LogP contribution >= 0.6 is 12.2 Å². The Morgan fingerprint density at radius 1 is 1.36 bits per heavy atom. The summed E-state index contributed by atoms with van der Waals surface area (Å²) in [5, 5.41) is 0.389. The fraction of sp³-hybridized carbons (Fsp3) is 0.714. The minimum atomic E-state index is 0.389. The largest absolute Gasteiger partial charge is 0.347 e. The number of hydrogen-bond donors (Lipinski definition) is 0. The summed E-state index contributed by atoms with van der Waals surface area (Å²) in [7, 11) is 0. The van der Waals surface area contributed by atoms with Crippen molar-refractivity contribution in [2.24, 2.45) is 4.99 Å². The molecule has 0 amide bonds. The van der Waals surface area contributed by atoms with Crippen molar-refractivity contribution >= 4 is 23.4 Å². The van der Waals surface area contributed by atoms with E-state index in [4.69, 9.17) is 12.2 Å². The van der Waals surface area contributed by atoms with Crippen molar-refractivity contribution in [1.29, 1.82) is 0 Å². The van der Waals surface area contributed by atoms with Crippen LogP contribution in [0.25, 0.3) is 0 Å². The number of aliphatic imine (C=N–C) groups is 1. The lowest BCUT2D eigenvalue weighted by atomic mass is 10.1. The molecule has 0 atom stereocenters. The van der Waals surface area contributed by atoms with Gasteiger partial charge in [-0.15, -0.1) is 4.99 Å². The minimum absolute atomic E-state index is 0.389. The van der Waals surface area contributed by atoms with Gasteiger partial charge in [0.25, 0.3) is 0 Å². The second-order valence-corrected chi connectivity index (χ2v) is 2.90. The van der Waals surface area contributed by atoms with Gasteiger partial charge in [-0.1, -0.05) is 0 Å². The second-order valence-electron chi connectivity index (χ2n) is 2.53. The maximum atomic E-state index is 9.85. The first-order valence-electron chi connectivity index (χ1n) is 3.71. The van der Waals surface area contributed by atoms with E-state index in [0.29, 0.717) is 5.11 Å². The lowest BCUT2D eigenvalue weighted by Crippen LogP contribution is -2.33. The van der Waals surface area contributed by atoms with E-state index in [0.717, 1.165) is 25.9 Å². The van der Waals surface area contributed by atoms with Gasteiger partial charge >= 0.3 is 0 Å². The van der Waals surface area contributed by atoms with Gasteiger partial charge in [0.05, 0.1) is 0 Å². The monoisotopic (exact) mass is 170 g/mol. The van der Waals surface area contributed by atoms with Crippen LogP contribution in [0.1, 0.15) is 19.3 Å². The molecule has 3 nitrogen and oxygen atoms in total. The molecule has 0 radical (unpaired) electrons. The van der Waals surface area contributed by atoms with Gasteiger partial charge in [-0.05, 0) is 31.5 Å². The average molecular weight is 170 g/mol. The van der Waals surface area contributed by atoms with Gasteiger partial charge in [0.15, 0.2) is 0 Å². The van der Waals surface area contributed by atoms with E-state index in [1.165, 1.54) is 12.5 Å². The van der Waals surface area contributed by atoms with Crippen LogP contribution < -0.4 is 0 Å². The first kappa shape index (κ1) is 8.37. The normalized spacial score (nSPS) is 17.3. The van der Waals surface area contributed by atoms with E-state index >= 15 is 0 Å². The molecule has 0 spiro atoms. The molecule has 11 heavy (non-hydrogen) atoms. The maximum absolute atomic E-state index is 9.85. The molecule has 1 rings (SSSR count). The lowest BCUT2D eigenvalue weighted by molar-refractivity contribution is 0.344. The Hall–Kier alpha value is -0.730. The van der Waals surface area contributed by atoms with E-state index < -0.39 is 0 Å². The maximum Gasteiger partial charge on any atom is 0.242 e. The summed E-state index contributed by atoms with van der Waals surface area (Å²) in [5.41, 5.74) is 0. The third kappa shape index (κ3) is 2.41. The van der Waals surface area contributed by atoms with Gasteiger partial charge in [-0.3, -0.25) is 0 Å². The summed E-state index contributed by atoms with van der Waals surface area (Å²) < 4.78 is 0. The Morgan fingerprint density at radius 3 is 2.55 bits per heavy atom. The first-order valence-corrected chi connectivity index (χ1v) is 4.12. The molecule has 0 bridgehead atoms. The third-order valence-corrected chi connectivity index (χ3v) is 2.12.